The standard InChI is InChI=1S/C22H27BrClNO2/c1-2-11-22(26,18-5-7-19(23)8-6-18)21(16-25-12-14-27-15-13-25)17-3-9-20(24)10-4-17/h3-10,21,26H,2,11-16H2,1H3/t21-,22+/m1/s1. The molecule has 0 bridgehead atoms. The molecule has 0 aliphatic carbocycles. The molecule has 3 nitrogen and oxygen atoms in total. The quantitative estimate of drug-likeness (QED) is 0.626. The van der Waals surface area contributed by atoms with Gasteiger partial charge in [0.2, 0.25) is 0 Å². The van der Waals surface area contributed by atoms with Crippen molar-refractivity contribution in [3.05, 3.63) is 69.2 Å². The molecule has 1 aliphatic heterocycles. The second-order valence-electron chi connectivity index (χ2n) is 7.20. The molecule has 0 saturated carbocycles. The summed E-state index contributed by atoms with van der Waals surface area (Å²) in [6.45, 7) is 6.20. The lowest BCUT2D eigenvalue weighted by molar-refractivity contribution is -0.0285. The van der Waals surface area contributed by atoms with E-state index in [1.807, 2.05) is 48.5 Å². The molecule has 1 fully saturated rings. The normalized spacial score (nSPS) is 18.8. The molecule has 2 atom stereocenters. The maximum atomic E-state index is 12.0. The van der Waals surface area contributed by atoms with Gasteiger partial charge in [-0.2, -0.15) is 0 Å². The van der Waals surface area contributed by atoms with Crippen molar-refractivity contribution in [1.29, 1.82) is 0 Å². The van der Waals surface area contributed by atoms with E-state index in [1.54, 1.807) is 0 Å². The van der Waals surface area contributed by atoms with Crippen LogP contribution in [0.2, 0.25) is 5.02 Å². The van der Waals surface area contributed by atoms with Gasteiger partial charge in [0, 0.05) is 35.0 Å². The molecule has 0 spiro atoms. The van der Waals surface area contributed by atoms with Crippen LogP contribution in [0, 0.1) is 0 Å². The average molecular weight is 453 g/mol. The van der Waals surface area contributed by atoms with Crippen LogP contribution in [-0.2, 0) is 10.3 Å². The zero-order chi connectivity index (χ0) is 19.3. The monoisotopic (exact) mass is 451 g/mol. The van der Waals surface area contributed by atoms with Crippen LogP contribution >= 0.6 is 27.5 Å². The van der Waals surface area contributed by atoms with Crippen molar-refractivity contribution in [1.82, 2.24) is 4.90 Å². The first-order valence-corrected chi connectivity index (χ1v) is 10.7. The smallest absolute Gasteiger partial charge is 0.0976 e. The molecular weight excluding hydrogens is 426 g/mol. The molecule has 3 rings (SSSR count). The number of ether oxygens (including phenoxy) is 1. The highest BCUT2D eigenvalue weighted by molar-refractivity contribution is 9.10. The van der Waals surface area contributed by atoms with E-state index in [4.69, 9.17) is 16.3 Å². The predicted octanol–water partition coefficient (Wildman–Crippen LogP) is 5.21. The van der Waals surface area contributed by atoms with E-state index in [0.29, 0.717) is 11.4 Å². The van der Waals surface area contributed by atoms with E-state index in [9.17, 15) is 5.11 Å². The highest BCUT2D eigenvalue weighted by Crippen LogP contribution is 2.42. The Bertz CT molecular complexity index is 716. The molecule has 1 heterocycles. The lowest BCUT2D eigenvalue weighted by Crippen LogP contribution is -2.45. The number of benzene rings is 2. The third-order valence-corrected chi connectivity index (χ3v) is 6.15. The molecule has 1 aliphatic rings. The van der Waals surface area contributed by atoms with Crippen LogP contribution in [0.25, 0.3) is 0 Å². The Morgan fingerprint density at radius 1 is 1.11 bits per heavy atom. The molecule has 0 unspecified atom stereocenters. The van der Waals surface area contributed by atoms with Crippen molar-refractivity contribution in [2.24, 2.45) is 0 Å². The maximum Gasteiger partial charge on any atom is 0.0976 e. The Labute approximate surface area is 175 Å². The third-order valence-electron chi connectivity index (χ3n) is 5.37. The second kappa shape index (κ2) is 9.53. The van der Waals surface area contributed by atoms with Gasteiger partial charge in [0.05, 0.1) is 18.8 Å². The van der Waals surface area contributed by atoms with Gasteiger partial charge in [0.15, 0.2) is 0 Å². The molecule has 5 heteroatoms. The summed E-state index contributed by atoms with van der Waals surface area (Å²) in [5, 5.41) is 12.7. The van der Waals surface area contributed by atoms with Gasteiger partial charge in [0.25, 0.3) is 0 Å². The predicted molar refractivity (Wildman–Crippen MR) is 114 cm³/mol. The van der Waals surface area contributed by atoms with Crippen molar-refractivity contribution in [3.63, 3.8) is 0 Å². The summed E-state index contributed by atoms with van der Waals surface area (Å²) in [7, 11) is 0. The SMILES string of the molecule is CCC[C@](O)(c1ccc(Br)cc1)[C@H](CN1CCOCC1)c1ccc(Cl)cc1. The summed E-state index contributed by atoms with van der Waals surface area (Å²) in [5.41, 5.74) is 1.13. The minimum Gasteiger partial charge on any atom is -0.384 e. The Hall–Kier alpha value is -0.910. The van der Waals surface area contributed by atoms with Crippen LogP contribution in [0.4, 0.5) is 0 Å². The van der Waals surface area contributed by atoms with Gasteiger partial charge in [-0.15, -0.1) is 0 Å². The Morgan fingerprint density at radius 3 is 2.33 bits per heavy atom. The van der Waals surface area contributed by atoms with Crippen molar-refractivity contribution in [2.75, 3.05) is 32.8 Å². The number of aliphatic hydroxyl groups is 1. The summed E-state index contributed by atoms with van der Waals surface area (Å²) in [5.74, 6) is -0.0472. The molecule has 0 amide bonds. The van der Waals surface area contributed by atoms with Crippen molar-refractivity contribution < 1.29 is 9.84 Å². The Kier molecular flexibility index (Phi) is 7.35. The fraction of sp³-hybridized carbons (Fsp3) is 0.455. The van der Waals surface area contributed by atoms with Crippen LogP contribution in [0.5, 0.6) is 0 Å². The number of nitrogens with zero attached hydrogens (tertiary/aromatic N) is 1. The van der Waals surface area contributed by atoms with Crippen LogP contribution in [-0.4, -0.2) is 42.9 Å². The number of morpholine rings is 1. The van der Waals surface area contributed by atoms with Gasteiger partial charge in [0.1, 0.15) is 0 Å². The van der Waals surface area contributed by atoms with Gasteiger partial charge >= 0.3 is 0 Å². The second-order valence-corrected chi connectivity index (χ2v) is 8.55. The number of hydrogen-bond acceptors (Lipinski definition) is 3. The van der Waals surface area contributed by atoms with Gasteiger partial charge < -0.3 is 9.84 Å². The van der Waals surface area contributed by atoms with E-state index >= 15 is 0 Å². The van der Waals surface area contributed by atoms with Crippen LogP contribution < -0.4 is 0 Å². The topological polar surface area (TPSA) is 32.7 Å². The van der Waals surface area contributed by atoms with Crippen molar-refractivity contribution in [3.8, 4) is 0 Å². The summed E-state index contributed by atoms with van der Waals surface area (Å²) >= 11 is 9.63. The number of rotatable bonds is 7. The maximum absolute atomic E-state index is 12.0. The minimum atomic E-state index is -0.943. The summed E-state index contributed by atoms with van der Waals surface area (Å²) in [4.78, 5) is 2.39. The van der Waals surface area contributed by atoms with E-state index in [2.05, 4.69) is 27.8 Å². The van der Waals surface area contributed by atoms with E-state index in [0.717, 1.165) is 54.9 Å². The molecule has 2 aromatic rings. The number of hydrogen-bond donors (Lipinski definition) is 1. The lowest BCUT2D eigenvalue weighted by atomic mass is 9.74. The van der Waals surface area contributed by atoms with Crippen LogP contribution in [0.1, 0.15) is 36.8 Å². The van der Waals surface area contributed by atoms with Crippen molar-refractivity contribution >= 4 is 27.5 Å². The molecule has 27 heavy (non-hydrogen) atoms. The van der Waals surface area contributed by atoms with E-state index in [-0.39, 0.29) is 5.92 Å². The van der Waals surface area contributed by atoms with Gasteiger partial charge in [-0.3, -0.25) is 4.90 Å². The minimum absolute atomic E-state index is 0.0472. The van der Waals surface area contributed by atoms with Gasteiger partial charge in [-0.25, -0.2) is 0 Å². The fourth-order valence-electron chi connectivity index (χ4n) is 3.91. The lowest BCUT2D eigenvalue weighted by Gasteiger charge is -2.41. The van der Waals surface area contributed by atoms with Crippen LogP contribution in [0.3, 0.4) is 0 Å². The molecular formula is C22H27BrClNO2. The first-order chi connectivity index (χ1) is 13.0. The Balaban J connectivity index is 2.00. The van der Waals surface area contributed by atoms with Gasteiger partial charge in [-0.1, -0.05) is 65.1 Å². The molecule has 1 N–H and O–H groups in total. The molecule has 0 radical (unpaired) electrons. The van der Waals surface area contributed by atoms with E-state index < -0.39 is 5.60 Å². The fourth-order valence-corrected chi connectivity index (χ4v) is 4.30. The number of halogens is 2. The average Bonchev–Trinajstić information content (AvgIpc) is 2.68. The largest absolute Gasteiger partial charge is 0.384 e. The first kappa shape index (κ1) is 20.8. The summed E-state index contributed by atoms with van der Waals surface area (Å²) < 4.78 is 6.52. The van der Waals surface area contributed by atoms with Gasteiger partial charge in [-0.05, 0) is 41.8 Å². The zero-order valence-corrected chi connectivity index (χ0v) is 18.0. The summed E-state index contributed by atoms with van der Waals surface area (Å²) in [6.07, 6.45) is 1.60. The highest BCUT2D eigenvalue weighted by Gasteiger charge is 2.39. The van der Waals surface area contributed by atoms with Crippen LogP contribution in [0.15, 0.2) is 53.0 Å². The van der Waals surface area contributed by atoms with Crippen molar-refractivity contribution in [2.45, 2.75) is 31.3 Å². The summed E-state index contributed by atoms with van der Waals surface area (Å²) in [6, 6.07) is 16.0. The molecule has 0 aromatic heterocycles. The molecule has 2 aromatic carbocycles. The highest BCUT2D eigenvalue weighted by atomic mass is 79.9. The zero-order valence-electron chi connectivity index (χ0n) is 15.7. The third kappa shape index (κ3) is 5.12. The molecule has 1 saturated heterocycles. The first-order valence-electron chi connectivity index (χ1n) is 9.57. The van der Waals surface area contributed by atoms with E-state index in [1.165, 1.54) is 0 Å². The Morgan fingerprint density at radius 2 is 1.74 bits per heavy atom. The molecule has 146 valence electrons.